The molecule has 0 aliphatic rings. The Hall–Kier alpha value is -1.60. The van der Waals surface area contributed by atoms with Crippen LogP contribution in [-0.2, 0) is 0 Å². The highest BCUT2D eigenvalue weighted by molar-refractivity contribution is 6.35. The van der Waals surface area contributed by atoms with Crippen LogP contribution in [0.25, 0.3) is 21.8 Å². The van der Waals surface area contributed by atoms with Crippen molar-refractivity contribution in [2.45, 2.75) is 6.92 Å². The molecule has 1 aromatic heterocycles. The highest BCUT2D eigenvalue weighted by atomic mass is 35.5. The Kier molecular flexibility index (Phi) is 2.08. The summed E-state index contributed by atoms with van der Waals surface area (Å²) in [5.74, 6) is 0. The number of rotatable bonds is 0. The van der Waals surface area contributed by atoms with E-state index in [1.807, 2.05) is 30.3 Å². The molecule has 0 aliphatic carbocycles. The minimum absolute atomic E-state index is 0.763. The third kappa shape index (κ3) is 1.36. The second kappa shape index (κ2) is 3.46. The molecular formula is C14H10ClN. The van der Waals surface area contributed by atoms with Crippen LogP contribution in [0, 0.1) is 6.92 Å². The molecule has 16 heavy (non-hydrogen) atoms. The predicted octanol–water partition coefficient (Wildman–Crippen LogP) is 4.35. The predicted molar refractivity (Wildman–Crippen MR) is 69.0 cm³/mol. The maximum Gasteiger partial charge on any atom is 0.0753 e. The molecule has 1 nitrogen and oxygen atoms in total. The highest BCUT2D eigenvalue weighted by Crippen LogP contribution is 2.27. The Morgan fingerprint density at radius 2 is 1.88 bits per heavy atom. The van der Waals surface area contributed by atoms with Crippen LogP contribution in [-0.4, -0.2) is 4.98 Å². The number of nitrogens with zero attached hydrogens (tertiary/aromatic N) is 1. The topological polar surface area (TPSA) is 12.9 Å². The quantitative estimate of drug-likeness (QED) is 0.521. The Morgan fingerprint density at radius 3 is 2.75 bits per heavy atom. The summed E-state index contributed by atoms with van der Waals surface area (Å²) in [6, 6.07) is 14.1. The minimum atomic E-state index is 0.763. The molecule has 0 spiro atoms. The van der Waals surface area contributed by atoms with Crippen LogP contribution in [0.1, 0.15) is 5.56 Å². The molecule has 0 radical (unpaired) electrons. The fourth-order valence-electron chi connectivity index (χ4n) is 1.97. The second-order valence-corrected chi connectivity index (χ2v) is 4.35. The zero-order valence-corrected chi connectivity index (χ0v) is 9.62. The molecule has 1 heterocycles. The summed E-state index contributed by atoms with van der Waals surface area (Å²) in [5.41, 5.74) is 3.16. The van der Waals surface area contributed by atoms with Crippen molar-refractivity contribution in [1.82, 2.24) is 4.98 Å². The van der Waals surface area contributed by atoms with E-state index in [4.69, 9.17) is 11.6 Å². The minimum Gasteiger partial charge on any atom is -0.247 e. The van der Waals surface area contributed by atoms with Gasteiger partial charge in [0.1, 0.15) is 0 Å². The molecule has 0 saturated heterocycles. The zero-order valence-electron chi connectivity index (χ0n) is 8.87. The Bertz CT molecular complexity index is 629. The number of pyridine rings is 1. The van der Waals surface area contributed by atoms with Gasteiger partial charge in [-0.1, -0.05) is 35.9 Å². The van der Waals surface area contributed by atoms with Crippen LogP contribution in [0.4, 0.5) is 0 Å². The number of hydrogen-bond acceptors (Lipinski definition) is 1. The number of halogens is 1. The Labute approximate surface area is 98.7 Å². The molecule has 0 unspecified atom stereocenters. The van der Waals surface area contributed by atoms with Gasteiger partial charge in [-0.3, -0.25) is 0 Å². The van der Waals surface area contributed by atoms with Gasteiger partial charge in [-0.2, -0.15) is 0 Å². The summed E-state index contributed by atoms with van der Waals surface area (Å²) < 4.78 is 0. The van der Waals surface area contributed by atoms with E-state index in [-0.39, 0.29) is 0 Å². The SMILES string of the molecule is Cc1ccc(Cl)c2cc3ccccc3nc12. The van der Waals surface area contributed by atoms with Crippen molar-refractivity contribution in [3.05, 3.63) is 53.1 Å². The van der Waals surface area contributed by atoms with Crippen molar-refractivity contribution in [2.75, 3.05) is 0 Å². The fourth-order valence-corrected chi connectivity index (χ4v) is 2.17. The van der Waals surface area contributed by atoms with Gasteiger partial charge >= 0.3 is 0 Å². The first-order chi connectivity index (χ1) is 7.75. The smallest absolute Gasteiger partial charge is 0.0753 e. The van der Waals surface area contributed by atoms with Gasteiger partial charge in [-0.05, 0) is 30.7 Å². The number of fused-ring (bicyclic) bond motifs is 2. The standard InChI is InChI=1S/C14H10ClN/c1-9-6-7-12(15)11-8-10-4-2-3-5-13(10)16-14(9)11/h2-8H,1H3. The molecule has 0 fully saturated rings. The van der Waals surface area contributed by atoms with E-state index in [1.54, 1.807) is 0 Å². The summed E-state index contributed by atoms with van der Waals surface area (Å²) in [6.07, 6.45) is 0. The van der Waals surface area contributed by atoms with E-state index in [0.717, 1.165) is 32.4 Å². The first-order valence-electron chi connectivity index (χ1n) is 5.20. The molecule has 2 heteroatoms. The lowest BCUT2D eigenvalue weighted by atomic mass is 10.1. The van der Waals surface area contributed by atoms with Crippen molar-refractivity contribution < 1.29 is 0 Å². The monoisotopic (exact) mass is 227 g/mol. The van der Waals surface area contributed by atoms with Gasteiger partial charge in [0, 0.05) is 15.8 Å². The molecule has 3 rings (SSSR count). The van der Waals surface area contributed by atoms with E-state index in [9.17, 15) is 0 Å². The lowest BCUT2D eigenvalue weighted by molar-refractivity contribution is 1.42. The largest absolute Gasteiger partial charge is 0.247 e. The number of benzene rings is 2. The molecule has 0 amide bonds. The van der Waals surface area contributed by atoms with Crippen molar-refractivity contribution in [3.63, 3.8) is 0 Å². The Morgan fingerprint density at radius 1 is 1.06 bits per heavy atom. The average molecular weight is 228 g/mol. The molecular weight excluding hydrogens is 218 g/mol. The summed E-state index contributed by atoms with van der Waals surface area (Å²) in [5, 5.41) is 2.92. The third-order valence-electron chi connectivity index (χ3n) is 2.83. The third-order valence-corrected chi connectivity index (χ3v) is 3.16. The summed E-state index contributed by atoms with van der Waals surface area (Å²) in [4.78, 5) is 4.65. The van der Waals surface area contributed by atoms with Gasteiger partial charge in [0.05, 0.1) is 11.0 Å². The molecule has 78 valence electrons. The molecule has 0 bridgehead atoms. The number of aromatic nitrogens is 1. The summed E-state index contributed by atoms with van der Waals surface area (Å²) in [7, 11) is 0. The van der Waals surface area contributed by atoms with Crippen molar-refractivity contribution in [2.24, 2.45) is 0 Å². The van der Waals surface area contributed by atoms with Gasteiger partial charge < -0.3 is 0 Å². The fraction of sp³-hybridized carbons (Fsp3) is 0.0714. The Balaban J connectivity index is 2.56. The second-order valence-electron chi connectivity index (χ2n) is 3.94. The van der Waals surface area contributed by atoms with Crippen LogP contribution in [0.5, 0.6) is 0 Å². The van der Waals surface area contributed by atoms with Crippen molar-refractivity contribution in [3.8, 4) is 0 Å². The van der Waals surface area contributed by atoms with Gasteiger partial charge in [-0.25, -0.2) is 4.98 Å². The first kappa shape index (κ1) is 9.61. The zero-order chi connectivity index (χ0) is 11.1. The van der Waals surface area contributed by atoms with E-state index in [0.29, 0.717) is 0 Å². The van der Waals surface area contributed by atoms with Crippen LogP contribution < -0.4 is 0 Å². The van der Waals surface area contributed by atoms with E-state index < -0.39 is 0 Å². The average Bonchev–Trinajstić information content (AvgIpc) is 2.32. The maximum atomic E-state index is 6.19. The maximum absolute atomic E-state index is 6.19. The number of para-hydroxylation sites is 1. The number of hydrogen-bond donors (Lipinski definition) is 0. The van der Waals surface area contributed by atoms with E-state index in [1.165, 1.54) is 0 Å². The van der Waals surface area contributed by atoms with E-state index in [2.05, 4.69) is 24.0 Å². The molecule has 2 aromatic carbocycles. The van der Waals surface area contributed by atoms with Gasteiger partial charge in [-0.15, -0.1) is 0 Å². The van der Waals surface area contributed by atoms with E-state index >= 15 is 0 Å². The summed E-state index contributed by atoms with van der Waals surface area (Å²) >= 11 is 6.19. The molecule has 0 atom stereocenters. The van der Waals surface area contributed by atoms with Gasteiger partial charge in [0.25, 0.3) is 0 Å². The molecule has 0 aliphatic heterocycles. The highest BCUT2D eigenvalue weighted by Gasteiger charge is 2.05. The lowest BCUT2D eigenvalue weighted by Gasteiger charge is -2.05. The van der Waals surface area contributed by atoms with Crippen LogP contribution in [0.15, 0.2) is 42.5 Å². The van der Waals surface area contributed by atoms with Gasteiger partial charge in [0.2, 0.25) is 0 Å². The summed E-state index contributed by atoms with van der Waals surface area (Å²) in [6.45, 7) is 2.06. The lowest BCUT2D eigenvalue weighted by Crippen LogP contribution is -1.86. The number of aryl methyl sites for hydroxylation is 1. The normalized spacial score (nSPS) is 11.1. The van der Waals surface area contributed by atoms with Crippen LogP contribution in [0.3, 0.4) is 0 Å². The van der Waals surface area contributed by atoms with Crippen molar-refractivity contribution in [1.29, 1.82) is 0 Å². The van der Waals surface area contributed by atoms with Gasteiger partial charge in [0.15, 0.2) is 0 Å². The molecule has 0 saturated carbocycles. The van der Waals surface area contributed by atoms with Crippen molar-refractivity contribution >= 4 is 33.4 Å². The molecule has 3 aromatic rings. The van der Waals surface area contributed by atoms with Crippen LogP contribution >= 0.6 is 11.6 Å². The van der Waals surface area contributed by atoms with Crippen LogP contribution in [0.2, 0.25) is 5.02 Å². The molecule has 0 N–H and O–H groups in total. The first-order valence-corrected chi connectivity index (χ1v) is 5.58.